The first-order valence-electron chi connectivity index (χ1n) is 8.15. The largest absolute Gasteiger partial charge is 0.385 e. The fraction of sp³-hybridized carbons (Fsp3) is 0.556. The molecule has 0 spiro atoms. The van der Waals surface area contributed by atoms with Crippen LogP contribution in [0.1, 0.15) is 35.2 Å². The van der Waals surface area contributed by atoms with Gasteiger partial charge in [-0.3, -0.25) is 4.79 Å². The summed E-state index contributed by atoms with van der Waals surface area (Å²) in [6.45, 7) is 3.30. The number of carbonyl (C=O) groups is 1. The number of hydrogen-bond donors (Lipinski definition) is 0. The summed E-state index contributed by atoms with van der Waals surface area (Å²) in [7, 11) is 3.78. The van der Waals surface area contributed by atoms with Crippen LogP contribution in [0, 0.1) is 11.3 Å². The molecule has 1 heterocycles. The number of benzene rings is 1. The molecule has 5 nitrogen and oxygen atoms in total. The zero-order chi connectivity index (χ0) is 16.7. The molecule has 1 fully saturated rings. The van der Waals surface area contributed by atoms with Gasteiger partial charge in [0.15, 0.2) is 0 Å². The minimum Gasteiger partial charge on any atom is -0.385 e. The van der Waals surface area contributed by atoms with Crippen molar-refractivity contribution < 1.29 is 9.53 Å². The molecule has 124 valence electrons. The van der Waals surface area contributed by atoms with Crippen molar-refractivity contribution in [3.05, 3.63) is 35.4 Å². The topological polar surface area (TPSA) is 56.6 Å². The number of nitrogens with zero attached hydrogens (tertiary/aromatic N) is 3. The first-order valence-corrected chi connectivity index (χ1v) is 8.15. The molecule has 1 aliphatic heterocycles. The van der Waals surface area contributed by atoms with E-state index in [1.165, 1.54) is 0 Å². The standard InChI is InChI=1S/C18H25N3O2/c1-20-11-8-16(9-12-20)21(10-5-13-23-2)18(22)17-7-4-3-6-15(17)14-19/h3-4,6-7,16H,5,8-13H2,1-2H3. The smallest absolute Gasteiger partial charge is 0.255 e. The van der Waals surface area contributed by atoms with E-state index < -0.39 is 0 Å². The Hall–Kier alpha value is -1.90. The lowest BCUT2D eigenvalue weighted by molar-refractivity contribution is 0.0564. The predicted octanol–water partition coefficient (Wildman–Crippen LogP) is 2.13. The Morgan fingerprint density at radius 1 is 1.39 bits per heavy atom. The molecule has 0 N–H and O–H groups in total. The Morgan fingerprint density at radius 2 is 2.09 bits per heavy atom. The molecule has 0 bridgehead atoms. The molecule has 5 heteroatoms. The number of ether oxygens (including phenoxy) is 1. The van der Waals surface area contributed by atoms with Gasteiger partial charge >= 0.3 is 0 Å². The van der Waals surface area contributed by atoms with Gasteiger partial charge in [0, 0.05) is 26.3 Å². The highest BCUT2D eigenvalue weighted by atomic mass is 16.5. The second-order valence-electron chi connectivity index (χ2n) is 6.04. The van der Waals surface area contributed by atoms with Crippen LogP contribution >= 0.6 is 0 Å². The van der Waals surface area contributed by atoms with Crippen LogP contribution in [-0.4, -0.2) is 62.1 Å². The van der Waals surface area contributed by atoms with Gasteiger partial charge in [0.05, 0.1) is 17.2 Å². The quantitative estimate of drug-likeness (QED) is 0.755. The molecule has 1 aromatic rings. The number of likely N-dealkylation sites (tertiary alicyclic amines) is 1. The lowest BCUT2D eigenvalue weighted by atomic mass is 10.0. The van der Waals surface area contributed by atoms with Crippen molar-refractivity contribution in [3.8, 4) is 6.07 Å². The van der Waals surface area contributed by atoms with E-state index in [1.54, 1.807) is 25.3 Å². The molecular formula is C18H25N3O2. The summed E-state index contributed by atoms with van der Waals surface area (Å²) in [5, 5.41) is 9.26. The molecule has 1 saturated heterocycles. The Morgan fingerprint density at radius 3 is 2.74 bits per heavy atom. The third-order valence-electron chi connectivity index (χ3n) is 4.42. The summed E-state index contributed by atoms with van der Waals surface area (Å²) in [4.78, 5) is 17.3. The van der Waals surface area contributed by atoms with E-state index in [-0.39, 0.29) is 11.9 Å². The average Bonchev–Trinajstić information content (AvgIpc) is 2.59. The van der Waals surface area contributed by atoms with Crippen LogP contribution in [0.2, 0.25) is 0 Å². The summed E-state index contributed by atoms with van der Waals surface area (Å²) in [6, 6.07) is 9.43. The lowest BCUT2D eigenvalue weighted by Crippen LogP contribution is -2.47. The maximum Gasteiger partial charge on any atom is 0.255 e. The van der Waals surface area contributed by atoms with Crippen molar-refractivity contribution in [1.29, 1.82) is 5.26 Å². The zero-order valence-electron chi connectivity index (χ0n) is 14.0. The Labute approximate surface area is 138 Å². The molecule has 2 rings (SSSR count). The lowest BCUT2D eigenvalue weighted by Gasteiger charge is -2.37. The monoisotopic (exact) mass is 315 g/mol. The molecule has 23 heavy (non-hydrogen) atoms. The van der Waals surface area contributed by atoms with E-state index in [9.17, 15) is 10.1 Å². The normalized spacial score (nSPS) is 16.0. The number of amides is 1. The van der Waals surface area contributed by atoms with E-state index in [2.05, 4.69) is 18.0 Å². The van der Waals surface area contributed by atoms with Gasteiger partial charge in [-0.05, 0) is 51.5 Å². The fourth-order valence-corrected chi connectivity index (χ4v) is 3.06. The minimum atomic E-state index is -0.0344. The zero-order valence-corrected chi connectivity index (χ0v) is 14.0. The fourth-order valence-electron chi connectivity index (χ4n) is 3.06. The Kier molecular flexibility index (Phi) is 6.57. The summed E-state index contributed by atoms with van der Waals surface area (Å²) in [5.74, 6) is -0.0344. The Balaban J connectivity index is 2.18. The maximum atomic E-state index is 13.0. The van der Waals surface area contributed by atoms with Crippen LogP contribution in [-0.2, 0) is 4.74 Å². The second kappa shape index (κ2) is 8.66. The van der Waals surface area contributed by atoms with Crippen molar-refractivity contribution >= 4 is 5.91 Å². The van der Waals surface area contributed by atoms with Crippen LogP contribution in [0.15, 0.2) is 24.3 Å². The van der Waals surface area contributed by atoms with E-state index in [4.69, 9.17) is 4.74 Å². The summed E-state index contributed by atoms with van der Waals surface area (Å²) >= 11 is 0. The van der Waals surface area contributed by atoms with Crippen LogP contribution in [0.5, 0.6) is 0 Å². The molecule has 0 aromatic heterocycles. The van der Waals surface area contributed by atoms with Gasteiger partial charge in [0.25, 0.3) is 5.91 Å². The van der Waals surface area contributed by atoms with Gasteiger partial charge in [0.2, 0.25) is 0 Å². The highest BCUT2D eigenvalue weighted by Crippen LogP contribution is 2.20. The maximum absolute atomic E-state index is 13.0. The molecule has 0 saturated carbocycles. The van der Waals surface area contributed by atoms with E-state index in [0.29, 0.717) is 24.3 Å². The molecule has 1 aromatic carbocycles. The number of piperidine rings is 1. The average molecular weight is 315 g/mol. The van der Waals surface area contributed by atoms with Crippen LogP contribution in [0.25, 0.3) is 0 Å². The molecule has 0 aliphatic carbocycles. The van der Waals surface area contributed by atoms with Crippen molar-refractivity contribution in [2.75, 3.05) is 40.4 Å². The van der Waals surface area contributed by atoms with Crippen LogP contribution < -0.4 is 0 Å². The van der Waals surface area contributed by atoms with Gasteiger partial charge in [-0.2, -0.15) is 5.26 Å². The number of carbonyl (C=O) groups excluding carboxylic acids is 1. The summed E-state index contributed by atoms with van der Waals surface area (Å²) in [5.41, 5.74) is 0.952. The number of hydrogen-bond acceptors (Lipinski definition) is 4. The minimum absolute atomic E-state index is 0.0344. The van der Waals surface area contributed by atoms with Crippen molar-refractivity contribution in [1.82, 2.24) is 9.80 Å². The summed E-state index contributed by atoms with van der Waals surface area (Å²) in [6.07, 6.45) is 2.76. The van der Waals surface area contributed by atoms with Crippen molar-refractivity contribution in [2.24, 2.45) is 0 Å². The molecule has 0 radical (unpaired) electrons. The van der Waals surface area contributed by atoms with Crippen LogP contribution in [0.3, 0.4) is 0 Å². The summed E-state index contributed by atoms with van der Waals surface area (Å²) < 4.78 is 5.13. The first kappa shape index (κ1) is 17.5. The van der Waals surface area contributed by atoms with Crippen molar-refractivity contribution in [3.63, 3.8) is 0 Å². The van der Waals surface area contributed by atoms with Gasteiger partial charge in [-0.1, -0.05) is 12.1 Å². The number of methoxy groups -OCH3 is 1. The van der Waals surface area contributed by atoms with Crippen molar-refractivity contribution in [2.45, 2.75) is 25.3 Å². The van der Waals surface area contributed by atoms with E-state index >= 15 is 0 Å². The predicted molar refractivity (Wildman–Crippen MR) is 89.2 cm³/mol. The van der Waals surface area contributed by atoms with Gasteiger partial charge < -0.3 is 14.5 Å². The number of rotatable bonds is 6. The third-order valence-corrected chi connectivity index (χ3v) is 4.42. The van der Waals surface area contributed by atoms with Gasteiger partial charge in [-0.15, -0.1) is 0 Å². The molecule has 0 unspecified atom stereocenters. The SMILES string of the molecule is COCCCN(C(=O)c1ccccc1C#N)C1CCN(C)CC1. The molecular weight excluding hydrogens is 290 g/mol. The molecule has 1 amide bonds. The highest BCUT2D eigenvalue weighted by molar-refractivity contribution is 5.96. The highest BCUT2D eigenvalue weighted by Gasteiger charge is 2.28. The van der Waals surface area contributed by atoms with Gasteiger partial charge in [0.1, 0.15) is 0 Å². The van der Waals surface area contributed by atoms with E-state index in [0.717, 1.165) is 32.4 Å². The van der Waals surface area contributed by atoms with Gasteiger partial charge in [-0.25, -0.2) is 0 Å². The third kappa shape index (κ3) is 4.54. The number of nitriles is 1. The molecule has 0 atom stereocenters. The Bertz CT molecular complexity index is 560. The first-order chi connectivity index (χ1) is 11.2. The van der Waals surface area contributed by atoms with E-state index in [1.807, 2.05) is 11.0 Å². The van der Waals surface area contributed by atoms with Crippen LogP contribution in [0.4, 0.5) is 0 Å². The second-order valence-corrected chi connectivity index (χ2v) is 6.04. The molecule has 1 aliphatic rings.